The van der Waals surface area contributed by atoms with Gasteiger partial charge in [0.15, 0.2) is 0 Å². The summed E-state index contributed by atoms with van der Waals surface area (Å²) < 4.78 is 6.19. The molecule has 0 aliphatic carbocycles. The number of aryl methyl sites for hydroxylation is 1. The molecule has 1 aromatic heterocycles. The van der Waals surface area contributed by atoms with Crippen molar-refractivity contribution in [2.24, 2.45) is 0 Å². The maximum atomic E-state index is 10.6. The highest BCUT2D eigenvalue weighted by Crippen LogP contribution is 2.29. The van der Waals surface area contributed by atoms with E-state index in [0.717, 1.165) is 0 Å². The minimum atomic E-state index is -0.447. The smallest absolute Gasteiger partial charge is 0.269 e. The van der Waals surface area contributed by atoms with Crippen molar-refractivity contribution >= 4 is 27.4 Å². The van der Waals surface area contributed by atoms with Crippen molar-refractivity contribution in [3.63, 3.8) is 0 Å². The minimum absolute atomic E-state index is 0.0280. The number of nitrogens with two attached hydrogens (primary N) is 1. The van der Waals surface area contributed by atoms with Crippen LogP contribution >= 0.6 is 15.9 Å². The Bertz CT molecular complexity index is 626. The lowest BCUT2D eigenvalue weighted by molar-refractivity contribution is -0.384. The highest BCUT2D eigenvalue weighted by Gasteiger charge is 2.10. The zero-order valence-corrected chi connectivity index (χ0v) is 11.5. The molecule has 2 aromatic rings. The number of hydrogen-bond acceptors (Lipinski definition) is 5. The lowest BCUT2D eigenvalue weighted by Gasteiger charge is -2.09. The predicted octanol–water partition coefficient (Wildman–Crippen LogP) is 3.44. The van der Waals surface area contributed by atoms with Crippen LogP contribution in [0.25, 0.3) is 0 Å². The van der Waals surface area contributed by atoms with Crippen LogP contribution in [0, 0.1) is 17.0 Å². The van der Waals surface area contributed by atoms with Crippen molar-refractivity contribution in [2.45, 2.75) is 6.92 Å². The molecule has 0 fully saturated rings. The van der Waals surface area contributed by atoms with Gasteiger partial charge >= 0.3 is 0 Å². The summed E-state index contributed by atoms with van der Waals surface area (Å²) in [5.41, 5.74) is 6.30. The molecule has 0 amide bonds. The predicted molar refractivity (Wildman–Crippen MR) is 74.3 cm³/mol. The molecule has 2 rings (SSSR count). The Morgan fingerprint density at radius 1 is 1.37 bits per heavy atom. The van der Waals surface area contributed by atoms with Crippen molar-refractivity contribution in [3.8, 4) is 11.5 Å². The SMILES string of the molecule is Cc1cc([N+](=O)[O-])ccc1Oc1cc(N)nc(Br)c1. The van der Waals surface area contributed by atoms with Gasteiger partial charge in [0.2, 0.25) is 0 Å². The Morgan fingerprint density at radius 3 is 2.68 bits per heavy atom. The van der Waals surface area contributed by atoms with E-state index < -0.39 is 4.92 Å². The summed E-state index contributed by atoms with van der Waals surface area (Å²) in [6.45, 7) is 1.74. The molecule has 19 heavy (non-hydrogen) atoms. The number of benzene rings is 1. The van der Waals surface area contributed by atoms with Crippen LogP contribution in [0.5, 0.6) is 11.5 Å². The van der Waals surface area contributed by atoms with E-state index in [0.29, 0.717) is 27.5 Å². The van der Waals surface area contributed by atoms with Crippen molar-refractivity contribution in [2.75, 3.05) is 5.73 Å². The van der Waals surface area contributed by atoms with Gasteiger partial charge in [0, 0.05) is 24.3 Å². The fourth-order valence-electron chi connectivity index (χ4n) is 1.54. The van der Waals surface area contributed by atoms with E-state index >= 15 is 0 Å². The van der Waals surface area contributed by atoms with Crippen LogP contribution in [0.3, 0.4) is 0 Å². The fourth-order valence-corrected chi connectivity index (χ4v) is 1.97. The molecule has 2 N–H and O–H groups in total. The Kier molecular flexibility index (Phi) is 3.66. The first-order valence-corrected chi connectivity index (χ1v) is 6.11. The molecule has 0 unspecified atom stereocenters. The number of ether oxygens (including phenoxy) is 1. The van der Waals surface area contributed by atoms with Gasteiger partial charge < -0.3 is 10.5 Å². The molecular formula is C12H10BrN3O3. The van der Waals surface area contributed by atoms with Gasteiger partial charge in [-0.05, 0) is 34.5 Å². The highest BCUT2D eigenvalue weighted by atomic mass is 79.9. The number of nitrogen functional groups attached to an aromatic ring is 1. The lowest BCUT2D eigenvalue weighted by atomic mass is 10.2. The van der Waals surface area contributed by atoms with E-state index in [1.807, 2.05) is 0 Å². The second-order valence-electron chi connectivity index (χ2n) is 3.86. The van der Waals surface area contributed by atoms with E-state index in [1.54, 1.807) is 25.1 Å². The summed E-state index contributed by atoms with van der Waals surface area (Å²) in [5.74, 6) is 1.36. The molecule has 0 bridgehead atoms. The average molecular weight is 324 g/mol. The molecule has 0 spiro atoms. The monoisotopic (exact) mass is 323 g/mol. The first-order valence-electron chi connectivity index (χ1n) is 5.31. The summed E-state index contributed by atoms with van der Waals surface area (Å²) >= 11 is 3.22. The van der Waals surface area contributed by atoms with Crippen LogP contribution in [0.15, 0.2) is 34.9 Å². The molecule has 1 heterocycles. The van der Waals surface area contributed by atoms with E-state index in [-0.39, 0.29) is 5.69 Å². The van der Waals surface area contributed by atoms with Crippen LogP contribution in [-0.4, -0.2) is 9.91 Å². The summed E-state index contributed by atoms with van der Waals surface area (Å²) in [7, 11) is 0. The third-order valence-corrected chi connectivity index (χ3v) is 2.79. The van der Waals surface area contributed by atoms with E-state index in [1.165, 1.54) is 12.1 Å². The fraction of sp³-hybridized carbons (Fsp3) is 0.0833. The van der Waals surface area contributed by atoms with Crippen LogP contribution < -0.4 is 10.5 Å². The van der Waals surface area contributed by atoms with Crippen LogP contribution in [0.1, 0.15) is 5.56 Å². The van der Waals surface area contributed by atoms with Gasteiger partial charge in [0.25, 0.3) is 5.69 Å². The Balaban J connectivity index is 2.30. The molecule has 0 saturated carbocycles. The zero-order valence-electron chi connectivity index (χ0n) is 9.96. The molecule has 0 atom stereocenters. The number of aromatic nitrogens is 1. The number of hydrogen-bond donors (Lipinski definition) is 1. The molecule has 0 aliphatic heterocycles. The summed E-state index contributed by atoms with van der Waals surface area (Å²) in [6, 6.07) is 7.64. The zero-order chi connectivity index (χ0) is 14.0. The minimum Gasteiger partial charge on any atom is -0.457 e. The molecule has 7 heteroatoms. The number of rotatable bonds is 3. The number of anilines is 1. The van der Waals surface area contributed by atoms with Crippen LogP contribution in [-0.2, 0) is 0 Å². The molecule has 98 valence electrons. The normalized spacial score (nSPS) is 10.2. The van der Waals surface area contributed by atoms with Gasteiger partial charge in [0.05, 0.1) is 4.92 Å². The molecule has 0 saturated heterocycles. The maximum absolute atomic E-state index is 10.6. The third kappa shape index (κ3) is 3.19. The molecular weight excluding hydrogens is 314 g/mol. The first kappa shape index (κ1) is 13.3. The van der Waals surface area contributed by atoms with Crippen molar-refractivity contribution in [3.05, 3.63) is 50.6 Å². The molecule has 6 nitrogen and oxygen atoms in total. The third-order valence-electron chi connectivity index (χ3n) is 2.38. The Hall–Kier alpha value is -2.15. The Labute approximate surface area is 117 Å². The number of nitro benzene ring substituents is 1. The number of nitrogens with zero attached hydrogens (tertiary/aromatic N) is 2. The molecule has 1 aromatic carbocycles. The quantitative estimate of drug-likeness (QED) is 0.530. The van der Waals surface area contributed by atoms with Crippen LogP contribution in [0.4, 0.5) is 11.5 Å². The topological polar surface area (TPSA) is 91.3 Å². The van der Waals surface area contributed by atoms with E-state index in [2.05, 4.69) is 20.9 Å². The largest absolute Gasteiger partial charge is 0.457 e. The van der Waals surface area contributed by atoms with Gasteiger partial charge in [-0.1, -0.05) is 0 Å². The summed E-state index contributed by atoms with van der Waals surface area (Å²) in [4.78, 5) is 14.2. The van der Waals surface area contributed by atoms with Gasteiger partial charge in [-0.2, -0.15) is 0 Å². The van der Waals surface area contributed by atoms with Crippen molar-refractivity contribution in [1.82, 2.24) is 4.98 Å². The van der Waals surface area contributed by atoms with Gasteiger partial charge in [0.1, 0.15) is 21.9 Å². The average Bonchev–Trinajstić information content (AvgIpc) is 2.30. The highest BCUT2D eigenvalue weighted by molar-refractivity contribution is 9.10. The van der Waals surface area contributed by atoms with Crippen LogP contribution in [0.2, 0.25) is 0 Å². The second-order valence-corrected chi connectivity index (χ2v) is 4.67. The van der Waals surface area contributed by atoms with E-state index in [9.17, 15) is 10.1 Å². The maximum Gasteiger partial charge on any atom is 0.269 e. The standard InChI is InChI=1S/C12H10BrN3O3/c1-7-4-8(16(17)18)2-3-10(7)19-9-5-11(13)15-12(14)6-9/h2-6H,1H3,(H2,14,15). The number of pyridine rings is 1. The lowest BCUT2D eigenvalue weighted by Crippen LogP contribution is -1.94. The van der Waals surface area contributed by atoms with Gasteiger partial charge in [-0.3, -0.25) is 10.1 Å². The van der Waals surface area contributed by atoms with E-state index in [4.69, 9.17) is 10.5 Å². The van der Waals surface area contributed by atoms with Crippen molar-refractivity contribution < 1.29 is 9.66 Å². The summed E-state index contributed by atoms with van der Waals surface area (Å²) in [5, 5.41) is 10.6. The Morgan fingerprint density at radius 2 is 2.11 bits per heavy atom. The first-order chi connectivity index (χ1) is 8.95. The van der Waals surface area contributed by atoms with Gasteiger partial charge in [-0.15, -0.1) is 0 Å². The number of halogens is 1. The van der Waals surface area contributed by atoms with Gasteiger partial charge in [-0.25, -0.2) is 4.98 Å². The molecule has 0 aliphatic rings. The number of nitro groups is 1. The number of non-ortho nitro benzene ring substituents is 1. The summed E-state index contributed by atoms with van der Waals surface area (Å²) in [6.07, 6.45) is 0. The van der Waals surface area contributed by atoms with Crippen molar-refractivity contribution in [1.29, 1.82) is 0 Å². The second kappa shape index (κ2) is 5.23. The molecule has 0 radical (unpaired) electrons.